The minimum Gasteiger partial charge on any atom is -0.486 e. The van der Waals surface area contributed by atoms with E-state index in [4.69, 9.17) is 9.47 Å². The third-order valence-corrected chi connectivity index (χ3v) is 4.26. The van der Waals surface area contributed by atoms with E-state index < -0.39 is 0 Å². The summed E-state index contributed by atoms with van der Waals surface area (Å²) in [5, 5.41) is 3.43. The molecule has 1 aromatic rings. The Balaban J connectivity index is 1.91. The Morgan fingerprint density at radius 1 is 1.28 bits per heavy atom. The third kappa shape index (κ3) is 3.72. The molecule has 1 heterocycles. The Kier molecular flexibility index (Phi) is 5.50. The van der Waals surface area contributed by atoms with Gasteiger partial charge in [0.2, 0.25) is 0 Å². The number of fused-ring (bicyclic) bond motifs is 1. The van der Waals surface area contributed by atoms with Crippen molar-refractivity contribution < 1.29 is 9.47 Å². The van der Waals surface area contributed by atoms with Crippen LogP contribution >= 0.6 is 27.7 Å². The van der Waals surface area contributed by atoms with E-state index in [9.17, 15) is 0 Å². The molecule has 5 heteroatoms. The summed E-state index contributed by atoms with van der Waals surface area (Å²) < 4.78 is 12.1. The van der Waals surface area contributed by atoms with E-state index in [1.165, 1.54) is 17.9 Å². The average Bonchev–Trinajstić information content (AvgIpc) is 2.39. The van der Waals surface area contributed by atoms with Gasteiger partial charge in [-0.2, -0.15) is 11.8 Å². The number of hydrogen-bond donors (Lipinski definition) is 1. The van der Waals surface area contributed by atoms with E-state index in [0.717, 1.165) is 28.2 Å². The molecule has 2 rings (SSSR count). The van der Waals surface area contributed by atoms with Crippen LogP contribution in [0, 0.1) is 0 Å². The zero-order valence-electron chi connectivity index (χ0n) is 10.5. The highest BCUT2D eigenvalue weighted by Crippen LogP contribution is 2.38. The summed E-state index contributed by atoms with van der Waals surface area (Å²) in [5.41, 5.74) is 1.07. The maximum absolute atomic E-state index is 5.57. The van der Waals surface area contributed by atoms with E-state index in [1.54, 1.807) is 0 Å². The van der Waals surface area contributed by atoms with Gasteiger partial charge in [0.15, 0.2) is 11.5 Å². The molecule has 3 nitrogen and oxygen atoms in total. The molecule has 1 N–H and O–H groups in total. The number of thioether (sulfide) groups is 1. The first-order chi connectivity index (χ1) is 8.81. The Morgan fingerprint density at radius 3 is 2.72 bits per heavy atom. The van der Waals surface area contributed by atoms with Gasteiger partial charge in [-0.25, -0.2) is 0 Å². The molecule has 18 heavy (non-hydrogen) atoms. The van der Waals surface area contributed by atoms with Gasteiger partial charge in [-0.1, -0.05) is 6.92 Å². The second-order valence-corrected chi connectivity index (χ2v) is 6.20. The van der Waals surface area contributed by atoms with Gasteiger partial charge in [-0.15, -0.1) is 0 Å². The molecule has 0 aromatic heterocycles. The summed E-state index contributed by atoms with van der Waals surface area (Å²) >= 11 is 5.53. The Morgan fingerprint density at radius 2 is 2.00 bits per heavy atom. The van der Waals surface area contributed by atoms with Crippen molar-refractivity contribution in [3.63, 3.8) is 0 Å². The lowest BCUT2D eigenvalue weighted by Gasteiger charge is -2.20. The van der Waals surface area contributed by atoms with Gasteiger partial charge in [-0.3, -0.25) is 0 Å². The first-order valence-corrected chi connectivity index (χ1v) is 8.16. The number of hydrogen-bond acceptors (Lipinski definition) is 4. The monoisotopic (exact) mass is 331 g/mol. The Labute approximate surface area is 121 Å². The molecule has 0 atom stereocenters. The molecular weight excluding hydrogens is 314 g/mol. The van der Waals surface area contributed by atoms with Crippen LogP contribution in [-0.4, -0.2) is 31.3 Å². The van der Waals surface area contributed by atoms with Crippen LogP contribution in [0.2, 0.25) is 0 Å². The standard InChI is InChI=1S/C13H18BrNO2S/c1-2-18-7-3-4-15-11-9-13-12(8-10(11)14)16-5-6-17-13/h8-9,15H,2-7H2,1H3. The SMILES string of the molecule is CCSCCCNc1cc2c(cc1Br)OCCO2. The number of rotatable bonds is 6. The van der Waals surface area contributed by atoms with Gasteiger partial charge >= 0.3 is 0 Å². The zero-order chi connectivity index (χ0) is 12.8. The van der Waals surface area contributed by atoms with Gasteiger partial charge in [0.1, 0.15) is 13.2 Å². The van der Waals surface area contributed by atoms with Gasteiger partial charge in [0.25, 0.3) is 0 Å². The molecule has 0 saturated heterocycles. The first-order valence-electron chi connectivity index (χ1n) is 6.22. The molecule has 100 valence electrons. The van der Waals surface area contributed by atoms with Crippen LogP contribution in [0.3, 0.4) is 0 Å². The predicted octanol–water partition coefficient (Wildman–Crippen LogP) is 3.78. The fraction of sp³-hybridized carbons (Fsp3) is 0.538. The fourth-order valence-electron chi connectivity index (χ4n) is 1.74. The maximum atomic E-state index is 5.57. The van der Waals surface area contributed by atoms with Crippen LogP contribution in [0.25, 0.3) is 0 Å². The highest BCUT2D eigenvalue weighted by atomic mass is 79.9. The number of nitrogens with one attached hydrogen (secondary N) is 1. The summed E-state index contributed by atoms with van der Waals surface area (Å²) in [5.74, 6) is 4.04. The van der Waals surface area contributed by atoms with Gasteiger partial charge < -0.3 is 14.8 Å². The fourth-order valence-corrected chi connectivity index (χ4v) is 2.84. The second kappa shape index (κ2) is 7.14. The summed E-state index contributed by atoms with van der Waals surface area (Å²) in [4.78, 5) is 0. The lowest BCUT2D eigenvalue weighted by atomic mass is 10.2. The van der Waals surface area contributed by atoms with Crippen LogP contribution in [0.5, 0.6) is 11.5 Å². The number of ether oxygens (including phenoxy) is 2. The lowest BCUT2D eigenvalue weighted by molar-refractivity contribution is 0.171. The van der Waals surface area contributed by atoms with Gasteiger partial charge in [0, 0.05) is 23.2 Å². The van der Waals surface area contributed by atoms with Crippen LogP contribution in [-0.2, 0) is 0 Å². The Hall–Kier alpha value is -0.550. The quantitative estimate of drug-likeness (QED) is 0.803. The van der Waals surface area contributed by atoms with E-state index in [-0.39, 0.29) is 0 Å². The van der Waals surface area contributed by atoms with E-state index in [2.05, 4.69) is 28.2 Å². The number of anilines is 1. The molecule has 1 aliphatic rings. The van der Waals surface area contributed by atoms with Crippen molar-refractivity contribution in [2.24, 2.45) is 0 Å². The van der Waals surface area contributed by atoms with Crippen LogP contribution < -0.4 is 14.8 Å². The molecule has 0 saturated carbocycles. The predicted molar refractivity (Wildman–Crippen MR) is 81.2 cm³/mol. The van der Waals surface area contributed by atoms with Gasteiger partial charge in [0.05, 0.1) is 5.69 Å². The number of benzene rings is 1. The number of halogens is 1. The highest BCUT2D eigenvalue weighted by Gasteiger charge is 2.14. The average molecular weight is 332 g/mol. The molecule has 0 aliphatic carbocycles. The molecule has 1 aliphatic heterocycles. The first kappa shape index (κ1) is 13.9. The largest absolute Gasteiger partial charge is 0.486 e. The van der Waals surface area contributed by atoms with Crippen LogP contribution in [0.15, 0.2) is 16.6 Å². The van der Waals surface area contributed by atoms with Crippen LogP contribution in [0.1, 0.15) is 13.3 Å². The summed E-state index contributed by atoms with van der Waals surface area (Å²) in [6.07, 6.45) is 1.17. The molecule has 0 fully saturated rings. The minimum absolute atomic E-state index is 0.625. The molecular formula is C13H18BrNO2S. The van der Waals surface area contributed by atoms with Crippen molar-refractivity contribution in [2.45, 2.75) is 13.3 Å². The summed E-state index contributed by atoms with van der Waals surface area (Å²) in [6.45, 7) is 4.42. The minimum atomic E-state index is 0.625. The van der Waals surface area contributed by atoms with Crippen molar-refractivity contribution in [1.29, 1.82) is 0 Å². The normalized spacial score (nSPS) is 13.4. The highest BCUT2D eigenvalue weighted by molar-refractivity contribution is 9.10. The van der Waals surface area contributed by atoms with Crippen LogP contribution in [0.4, 0.5) is 5.69 Å². The van der Waals surface area contributed by atoms with Crippen molar-refractivity contribution in [1.82, 2.24) is 0 Å². The van der Waals surface area contributed by atoms with Crippen molar-refractivity contribution in [3.05, 3.63) is 16.6 Å². The molecule has 0 unspecified atom stereocenters. The molecule has 0 amide bonds. The van der Waals surface area contributed by atoms with E-state index in [1.807, 2.05) is 23.9 Å². The maximum Gasteiger partial charge on any atom is 0.163 e. The van der Waals surface area contributed by atoms with E-state index in [0.29, 0.717) is 13.2 Å². The zero-order valence-corrected chi connectivity index (χ0v) is 12.9. The topological polar surface area (TPSA) is 30.5 Å². The summed E-state index contributed by atoms with van der Waals surface area (Å²) in [7, 11) is 0. The summed E-state index contributed by atoms with van der Waals surface area (Å²) in [6, 6.07) is 3.98. The smallest absolute Gasteiger partial charge is 0.163 e. The second-order valence-electron chi connectivity index (χ2n) is 3.95. The molecule has 0 radical (unpaired) electrons. The molecule has 0 bridgehead atoms. The third-order valence-electron chi connectivity index (χ3n) is 2.62. The lowest BCUT2D eigenvalue weighted by Crippen LogP contribution is -2.15. The molecule has 0 spiro atoms. The van der Waals surface area contributed by atoms with Crippen molar-refractivity contribution in [2.75, 3.05) is 36.6 Å². The van der Waals surface area contributed by atoms with Crippen molar-refractivity contribution >= 4 is 33.4 Å². The van der Waals surface area contributed by atoms with Crippen molar-refractivity contribution in [3.8, 4) is 11.5 Å². The molecule has 1 aromatic carbocycles. The van der Waals surface area contributed by atoms with Gasteiger partial charge in [-0.05, 0) is 33.9 Å². The Bertz CT molecular complexity index is 401. The van der Waals surface area contributed by atoms with E-state index >= 15 is 0 Å².